The molecule has 0 fully saturated rings. The molecule has 0 aliphatic heterocycles. The summed E-state index contributed by atoms with van der Waals surface area (Å²) in [4.78, 5) is 47.3. The van der Waals surface area contributed by atoms with Gasteiger partial charge >= 0.3 is 5.97 Å². The number of hydrogen-bond acceptors (Lipinski definition) is 6. The van der Waals surface area contributed by atoms with Gasteiger partial charge in [0.15, 0.2) is 0 Å². The molecule has 0 atom stereocenters. The molecule has 2 aromatic carbocycles. The minimum atomic E-state index is -0.526. The molecule has 0 bridgehead atoms. The number of amides is 3. The van der Waals surface area contributed by atoms with Crippen LogP contribution in [0.1, 0.15) is 38.2 Å². The number of nitrogens with one attached hydrogen (secondary N) is 3. The van der Waals surface area contributed by atoms with Crippen LogP contribution in [0.3, 0.4) is 0 Å². The van der Waals surface area contributed by atoms with E-state index in [1.54, 1.807) is 24.3 Å². The summed E-state index contributed by atoms with van der Waals surface area (Å²) >= 11 is 0. The van der Waals surface area contributed by atoms with Crippen LogP contribution in [0.15, 0.2) is 54.6 Å². The van der Waals surface area contributed by atoms with Gasteiger partial charge < -0.3 is 14.8 Å². The number of benzene rings is 2. The number of ether oxygens (including phenoxy) is 2. The quantitative estimate of drug-likeness (QED) is 0.334. The lowest BCUT2D eigenvalue weighted by Crippen LogP contribution is -2.41. The second kappa shape index (κ2) is 14.2. The number of carbonyl (C=O) groups excluding carboxylic acids is 4. The van der Waals surface area contributed by atoms with Crippen LogP contribution in [0, 0.1) is 0 Å². The minimum absolute atomic E-state index is 0.0529. The van der Waals surface area contributed by atoms with Crippen molar-refractivity contribution in [2.75, 3.05) is 18.5 Å². The van der Waals surface area contributed by atoms with Crippen LogP contribution >= 0.6 is 0 Å². The first-order valence-electron chi connectivity index (χ1n) is 10.8. The molecule has 0 unspecified atom stereocenters. The third-order valence-corrected chi connectivity index (χ3v) is 4.42. The number of hydrogen-bond donors (Lipinski definition) is 3. The zero-order valence-electron chi connectivity index (χ0n) is 18.6. The van der Waals surface area contributed by atoms with Gasteiger partial charge in [-0.25, -0.2) is 0 Å². The number of hydrazine groups is 1. The zero-order chi connectivity index (χ0) is 23.9. The fourth-order valence-electron chi connectivity index (χ4n) is 2.73. The summed E-state index contributed by atoms with van der Waals surface area (Å²) in [6.45, 7) is 2.67. The van der Waals surface area contributed by atoms with Gasteiger partial charge in [0.05, 0.1) is 19.6 Å². The van der Waals surface area contributed by atoms with E-state index in [1.165, 1.54) is 0 Å². The smallest absolute Gasteiger partial charge is 0.306 e. The highest BCUT2D eigenvalue weighted by atomic mass is 16.5. The van der Waals surface area contributed by atoms with Crippen LogP contribution in [-0.4, -0.2) is 36.9 Å². The highest BCUT2D eigenvalue weighted by molar-refractivity contribution is 5.93. The Bertz CT molecular complexity index is 916. The molecule has 0 saturated heterocycles. The van der Waals surface area contributed by atoms with Gasteiger partial charge in [-0.3, -0.25) is 30.0 Å². The summed E-state index contributed by atoms with van der Waals surface area (Å²) in [5.74, 6) is -1.17. The molecule has 0 saturated carbocycles. The molecule has 3 amide bonds. The maximum Gasteiger partial charge on any atom is 0.306 e. The van der Waals surface area contributed by atoms with Crippen molar-refractivity contribution in [3.8, 4) is 5.75 Å². The molecule has 0 aliphatic carbocycles. The Morgan fingerprint density at radius 2 is 1.36 bits per heavy atom. The fourth-order valence-corrected chi connectivity index (χ4v) is 2.73. The molecule has 2 rings (SSSR count). The van der Waals surface area contributed by atoms with Gasteiger partial charge in [-0.05, 0) is 36.8 Å². The Labute approximate surface area is 192 Å². The van der Waals surface area contributed by atoms with E-state index >= 15 is 0 Å². The van der Waals surface area contributed by atoms with Crippen molar-refractivity contribution in [2.45, 2.75) is 39.0 Å². The normalized spacial score (nSPS) is 10.1. The largest absolute Gasteiger partial charge is 0.494 e. The second-order valence-electron chi connectivity index (χ2n) is 7.06. The third-order valence-electron chi connectivity index (χ3n) is 4.42. The summed E-state index contributed by atoms with van der Waals surface area (Å²) in [6, 6.07) is 16.5. The lowest BCUT2D eigenvalue weighted by molar-refractivity contribution is -0.145. The van der Waals surface area contributed by atoms with Crippen LogP contribution in [-0.2, 0) is 30.3 Å². The van der Waals surface area contributed by atoms with Crippen molar-refractivity contribution < 1.29 is 28.7 Å². The van der Waals surface area contributed by atoms with Gasteiger partial charge in [0.25, 0.3) is 0 Å². The van der Waals surface area contributed by atoms with Crippen molar-refractivity contribution >= 4 is 29.4 Å². The topological polar surface area (TPSA) is 123 Å². The number of carbonyl (C=O) groups is 4. The fraction of sp³-hybridized carbons (Fsp3) is 0.333. The molecule has 9 nitrogen and oxygen atoms in total. The first kappa shape index (κ1) is 25.4. The van der Waals surface area contributed by atoms with Gasteiger partial charge in [-0.1, -0.05) is 30.3 Å². The zero-order valence-corrected chi connectivity index (χ0v) is 18.6. The molecule has 3 N–H and O–H groups in total. The Balaban J connectivity index is 1.54. The van der Waals surface area contributed by atoms with E-state index in [0.29, 0.717) is 24.5 Å². The van der Waals surface area contributed by atoms with Gasteiger partial charge in [0.2, 0.25) is 17.7 Å². The molecular formula is C24H29N3O6. The molecule has 0 heterocycles. The van der Waals surface area contributed by atoms with Crippen LogP contribution in [0.5, 0.6) is 5.75 Å². The Hall–Kier alpha value is -3.88. The molecule has 0 aliphatic rings. The van der Waals surface area contributed by atoms with Crippen LogP contribution < -0.4 is 20.9 Å². The van der Waals surface area contributed by atoms with Crippen molar-refractivity contribution in [1.82, 2.24) is 10.9 Å². The Morgan fingerprint density at radius 3 is 2.00 bits per heavy atom. The number of anilines is 1. The van der Waals surface area contributed by atoms with Crippen LogP contribution in [0.2, 0.25) is 0 Å². The molecule has 9 heteroatoms. The summed E-state index contributed by atoms with van der Waals surface area (Å²) in [5, 5.41) is 2.68. The molecule has 33 heavy (non-hydrogen) atoms. The third kappa shape index (κ3) is 10.8. The number of esters is 1. The van der Waals surface area contributed by atoms with E-state index in [0.717, 1.165) is 5.56 Å². The second-order valence-corrected chi connectivity index (χ2v) is 7.06. The van der Waals surface area contributed by atoms with Gasteiger partial charge in [0.1, 0.15) is 5.75 Å². The van der Waals surface area contributed by atoms with Gasteiger partial charge in [-0.2, -0.15) is 0 Å². The van der Waals surface area contributed by atoms with Crippen molar-refractivity contribution in [1.29, 1.82) is 0 Å². The van der Waals surface area contributed by atoms with Crippen molar-refractivity contribution in [3.05, 3.63) is 60.2 Å². The summed E-state index contributed by atoms with van der Waals surface area (Å²) in [6.07, 6.45) is 0.220. The van der Waals surface area contributed by atoms with Crippen molar-refractivity contribution in [2.24, 2.45) is 0 Å². The van der Waals surface area contributed by atoms with E-state index in [2.05, 4.69) is 16.2 Å². The summed E-state index contributed by atoms with van der Waals surface area (Å²) in [5.41, 5.74) is 6.09. The van der Waals surface area contributed by atoms with Gasteiger partial charge in [-0.15, -0.1) is 0 Å². The van der Waals surface area contributed by atoms with Crippen LogP contribution in [0.4, 0.5) is 5.69 Å². The van der Waals surface area contributed by atoms with E-state index in [-0.39, 0.29) is 38.2 Å². The highest BCUT2D eigenvalue weighted by Gasteiger charge is 2.11. The van der Waals surface area contributed by atoms with E-state index in [9.17, 15) is 19.2 Å². The highest BCUT2D eigenvalue weighted by Crippen LogP contribution is 2.15. The molecule has 176 valence electrons. The average molecular weight is 456 g/mol. The summed E-state index contributed by atoms with van der Waals surface area (Å²) < 4.78 is 10.4. The summed E-state index contributed by atoms with van der Waals surface area (Å²) in [7, 11) is 0. The first-order chi connectivity index (χ1) is 16.0. The minimum Gasteiger partial charge on any atom is -0.494 e. The SMILES string of the molecule is CCOc1ccc(NC(=O)CCC(=O)NNC(=O)CCC(=O)OCCc2ccccc2)cc1. The van der Waals surface area contributed by atoms with E-state index in [4.69, 9.17) is 9.47 Å². The standard InChI is InChI=1S/C24H29N3O6/c1-2-32-20-10-8-19(9-11-20)25-21(28)12-13-22(29)26-27-23(30)14-15-24(31)33-17-16-18-6-4-3-5-7-18/h3-11H,2,12-17H2,1H3,(H,25,28)(H,26,29)(H,27,30). The average Bonchev–Trinajstić information content (AvgIpc) is 2.82. The monoisotopic (exact) mass is 455 g/mol. The molecule has 0 radical (unpaired) electrons. The first-order valence-corrected chi connectivity index (χ1v) is 10.8. The molecule has 2 aromatic rings. The molecule has 0 aromatic heterocycles. The molecule has 0 spiro atoms. The number of rotatable bonds is 12. The Morgan fingerprint density at radius 1 is 0.758 bits per heavy atom. The maximum atomic E-state index is 12.0. The predicted molar refractivity (Wildman–Crippen MR) is 122 cm³/mol. The van der Waals surface area contributed by atoms with Crippen molar-refractivity contribution in [3.63, 3.8) is 0 Å². The lowest BCUT2D eigenvalue weighted by Gasteiger charge is -2.09. The molecular weight excluding hydrogens is 426 g/mol. The van der Waals surface area contributed by atoms with Crippen LogP contribution in [0.25, 0.3) is 0 Å². The predicted octanol–water partition coefficient (Wildman–Crippen LogP) is 2.52. The van der Waals surface area contributed by atoms with E-state index < -0.39 is 17.8 Å². The Kier molecular flexibility index (Phi) is 10.9. The maximum absolute atomic E-state index is 12.0. The van der Waals surface area contributed by atoms with E-state index in [1.807, 2.05) is 37.3 Å². The lowest BCUT2D eigenvalue weighted by atomic mass is 10.2. The van der Waals surface area contributed by atoms with Gasteiger partial charge in [0, 0.05) is 31.4 Å².